The summed E-state index contributed by atoms with van der Waals surface area (Å²) in [7, 11) is 0. The SMILES string of the molecule is CC1(C)[C@H](O)[C@H]2C[C@@H]1[C@H]2C(=O)O. The van der Waals surface area contributed by atoms with Gasteiger partial charge < -0.3 is 10.2 Å². The number of aliphatic hydroxyl groups is 1. The van der Waals surface area contributed by atoms with Crippen LogP contribution in [-0.2, 0) is 4.79 Å². The maximum Gasteiger partial charge on any atom is 0.307 e. The van der Waals surface area contributed by atoms with Crippen molar-refractivity contribution in [1.82, 2.24) is 0 Å². The molecule has 3 aliphatic rings. The molecule has 0 saturated heterocycles. The summed E-state index contributed by atoms with van der Waals surface area (Å²) in [5.74, 6) is -0.812. The van der Waals surface area contributed by atoms with Crippen molar-refractivity contribution in [2.24, 2.45) is 23.2 Å². The number of aliphatic hydroxyl groups excluding tert-OH is 1. The number of carboxylic acid groups (broad SMARTS) is 1. The Kier molecular flexibility index (Phi) is 1.35. The van der Waals surface area contributed by atoms with Crippen LogP contribution in [-0.4, -0.2) is 22.3 Å². The topological polar surface area (TPSA) is 57.5 Å². The number of hydrogen-bond donors (Lipinski definition) is 2. The van der Waals surface area contributed by atoms with Gasteiger partial charge >= 0.3 is 5.97 Å². The monoisotopic (exact) mass is 170 g/mol. The quantitative estimate of drug-likeness (QED) is 0.609. The second-order valence-electron chi connectivity index (χ2n) is 4.64. The summed E-state index contributed by atoms with van der Waals surface area (Å²) in [5, 5.41) is 18.6. The van der Waals surface area contributed by atoms with E-state index < -0.39 is 12.1 Å². The zero-order valence-corrected chi connectivity index (χ0v) is 7.32. The molecular weight excluding hydrogens is 156 g/mol. The van der Waals surface area contributed by atoms with Crippen LogP contribution in [0.4, 0.5) is 0 Å². The maximum absolute atomic E-state index is 10.8. The van der Waals surface area contributed by atoms with Crippen LogP contribution in [0.25, 0.3) is 0 Å². The van der Waals surface area contributed by atoms with Gasteiger partial charge in [0.1, 0.15) is 0 Å². The van der Waals surface area contributed by atoms with Crippen molar-refractivity contribution in [3.05, 3.63) is 0 Å². The third kappa shape index (κ3) is 0.678. The lowest BCUT2D eigenvalue weighted by atomic mass is 9.68. The van der Waals surface area contributed by atoms with E-state index in [2.05, 4.69) is 0 Å². The van der Waals surface area contributed by atoms with Crippen molar-refractivity contribution in [2.45, 2.75) is 26.4 Å². The summed E-state index contributed by atoms with van der Waals surface area (Å²) < 4.78 is 0. The van der Waals surface area contributed by atoms with Gasteiger partial charge in [-0.15, -0.1) is 0 Å². The Bertz CT molecular complexity index is 234. The fourth-order valence-corrected chi connectivity index (χ4v) is 2.91. The molecular formula is C9H14O3. The van der Waals surface area contributed by atoms with Gasteiger partial charge in [-0.1, -0.05) is 13.8 Å². The third-order valence-corrected chi connectivity index (χ3v) is 3.83. The predicted octanol–water partition coefficient (Wildman–Crippen LogP) is 0.724. The maximum atomic E-state index is 10.8. The molecule has 2 bridgehead atoms. The summed E-state index contributed by atoms with van der Waals surface area (Å²) in [6.45, 7) is 3.93. The van der Waals surface area contributed by atoms with Crippen LogP contribution in [0.2, 0.25) is 0 Å². The Morgan fingerprint density at radius 1 is 1.50 bits per heavy atom. The van der Waals surface area contributed by atoms with Gasteiger partial charge in [-0.2, -0.15) is 0 Å². The van der Waals surface area contributed by atoms with E-state index in [1.54, 1.807) is 0 Å². The van der Waals surface area contributed by atoms with Crippen LogP contribution < -0.4 is 0 Å². The van der Waals surface area contributed by atoms with Gasteiger partial charge in [-0.25, -0.2) is 0 Å². The summed E-state index contributed by atoms with van der Waals surface area (Å²) in [5.41, 5.74) is -0.187. The van der Waals surface area contributed by atoms with Crippen LogP contribution in [0.3, 0.4) is 0 Å². The number of aliphatic carboxylic acids is 1. The fourth-order valence-electron chi connectivity index (χ4n) is 2.91. The van der Waals surface area contributed by atoms with E-state index in [9.17, 15) is 9.90 Å². The van der Waals surface area contributed by atoms with Crippen molar-refractivity contribution < 1.29 is 15.0 Å². The molecule has 3 saturated carbocycles. The molecule has 0 heterocycles. The molecule has 3 fully saturated rings. The molecule has 3 rings (SSSR count). The second-order valence-corrected chi connectivity index (χ2v) is 4.64. The van der Waals surface area contributed by atoms with Crippen LogP contribution >= 0.6 is 0 Å². The standard InChI is InChI=1S/C9H14O3/c1-9(2)5-3-4(7(9)10)6(5)8(11)12/h4-7,10H,3H2,1-2H3,(H,11,12)/t4-,5+,6-,7+/m0/s1. The molecule has 0 aliphatic heterocycles. The molecule has 4 atom stereocenters. The first-order chi connectivity index (χ1) is 5.46. The average Bonchev–Trinajstić information content (AvgIpc) is 2.10. The summed E-state index contributed by atoms with van der Waals surface area (Å²) in [6, 6.07) is 0. The Labute approximate surface area is 71.4 Å². The van der Waals surface area contributed by atoms with Crippen molar-refractivity contribution >= 4 is 5.97 Å². The third-order valence-electron chi connectivity index (χ3n) is 3.83. The minimum atomic E-state index is -0.735. The van der Waals surface area contributed by atoms with Crippen molar-refractivity contribution in [2.75, 3.05) is 0 Å². The van der Waals surface area contributed by atoms with E-state index >= 15 is 0 Å². The van der Waals surface area contributed by atoms with Crippen LogP contribution in [0, 0.1) is 23.2 Å². The molecule has 68 valence electrons. The lowest BCUT2D eigenvalue weighted by molar-refractivity contribution is -0.150. The van der Waals surface area contributed by atoms with E-state index in [4.69, 9.17) is 5.11 Å². The molecule has 0 aromatic heterocycles. The fraction of sp³-hybridized carbons (Fsp3) is 0.889. The largest absolute Gasteiger partial charge is 0.481 e. The van der Waals surface area contributed by atoms with Gasteiger partial charge in [-0.3, -0.25) is 4.79 Å². The Morgan fingerprint density at radius 2 is 2.08 bits per heavy atom. The highest BCUT2D eigenvalue weighted by Gasteiger charge is 2.65. The van der Waals surface area contributed by atoms with Crippen LogP contribution in [0.5, 0.6) is 0 Å². The molecule has 2 N–H and O–H groups in total. The normalized spacial score (nSPS) is 48.6. The molecule has 0 aromatic rings. The van der Waals surface area contributed by atoms with Crippen LogP contribution in [0.15, 0.2) is 0 Å². The van der Waals surface area contributed by atoms with E-state index in [-0.39, 0.29) is 23.2 Å². The highest BCUT2D eigenvalue weighted by atomic mass is 16.4. The Balaban J connectivity index is 2.26. The van der Waals surface area contributed by atoms with E-state index in [0.29, 0.717) is 0 Å². The van der Waals surface area contributed by atoms with Gasteiger partial charge in [-0.05, 0) is 23.7 Å². The molecule has 0 unspecified atom stereocenters. The highest BCUT2D eigenvalue weighted by molar-refractivity contribution is 5.73. The second kappa shape index (κ2) is 2.02. The van der Waals surface area contributed by atoms with E-state index in [0.717, 1.165) is 6.42 Å². The molecule has 3 aliphatic carbocycles. The van der Waals surface area contributed by atoms with E-state index in [1.165, 1.54) is 0 Å². The van der Waals surface area contributed by atoms with Crippen LogP contribution in [0.1, 0.15) is 20.3 Å². The Morgan fingerprint density at radius 3 is 2.25 bits per heavy atom. The minimum absolute atomic E-state index is 0.0162. The molecule has 3 heteroatoms. The molecule has 3 nitrogen and oxygen atoms in total. The molecule has 0 radical (unpaired) electrons. The first-order valence-electron chi connectivity index (χ1n) is 4.37. The lowest BCUT2D eigenvalue weighted by Crippen LogP contribution is -2.38. The van der Waals surface area contributed by atoms with Gasteiger partial charge in [0.2, 0.25) is 0 Å². The molecule has 0 spiro atoms. The van der Waals surface area contributed by atoms with Gasteiger partial charge in [0.15, 0.2) is 0 Å². The summed E-state index contributed by atoms with van der Waals surface area (Å²) in [6.07, 6.45) is 0.481. The zero-order chi connectivity index (χ0) is 9.09. The summed E-state index contributed by atoms with van der Waals surface area (Å²) in [4.78, 5) is 10.8. The van der Waals surface area contributed by atoms with E-state index in [1.807, 2.05) is 13.8 Å². The minimum Gasteiger partial charge on any atom is -0.481 e. The van der Waals surface area contributed by atoms with Crippen molar-refractivity contribution in [3.63, 3.8) is 0 Å². The van der Waals surface area contributed by atoms with Crippen molar-refractivity contribution in [3.8, 4) is 0 Å². The summed E-state index contributed by atoms with van der Waals surface area (Å²) >= 11 is 0. The highest BCUT2D eigenvalue weighted by Crippen LogP contribution is 2.63. The molecule has 0 amide bonds. The number of rotatable bonds is 1. The van der Waals surface area contributed by atoms with Gasteiger partial charge in [0.05, 0.1) is 12.0 Å². The molecule has 0 aromatic carbocycles. The number of fused-ring (bicyclic) bond motifs is 1. The zero-order valence-electron chi connectivity index (χ0n) is 7.32. The van der Waals surface area contributed by atoms with Gasteiger partial charge in [0, 0.05) is 0 Å². The molecule has 12 heavy (non-hydrogen) atoms. The lowest BCUT2D eigenvalue weighted by Gasteiger charge is -2.34. The average molecular weight is 170 g/mol. The first kappa shape index (κ1) is 8.05. The van der Waals surface area contributed by atoms with Gasteiger partial charge in [0.25, 0.3) is 0 Å². The first-order valence-corrected chi connectivity index (χ1v) is 4.37. The number of hydrogen-bond acceptors (Lipinski definition) is 2. The van der Waals surface area contributed by atoms with Crippen molar-refractivity contribution in [1.29, 1.82) is 0 Å². The number of carboxylic acids is 1. The smallest absolute Gasteiger partial charge is 0.307 e. The number of carbonyl (C=O) groups is 1. The predicted molar refractivity (Wildman–Crippen MR) is 42.5 cm³/mol. The Hall–Kier alpha value is -0.570.